The summed E-state index contributed by atoms with van der Waals surface area (Å²) in [6.07, 6.45) is 5.73. The molecule has 0 bridgehead atoms. The van der Waals surface area contributed by atoms with Gasteiger partial charge in [-0.3, -0.25) is 4.79 Å². The van der Waals surface area contributed by atoms with Gasteiger partial charge in [-0.15, -0.1) is 0 Å². The van der Waals surface area contributed by atoms with Crippen molar-refractivity contribution in [1.82, 2.24) is 4.90 Å². The molecule has 0 heterocycles. The van der Waals surface area contributed by atoms with Crippen LogP contribution in [0, 0.1) is 0 Å². The maximum Gasteiger partial charge on any atom is 0.209 e. The van der Waals surface area contributed by atoms with Gasteiger partial charge in [-0.25, -0.2) is 0 Å². The van der Waals surface area contributed by atoms with Crippen molar-refractivity contribution in [3.8, 4) is 0 Å². The van der Waals surface area contributed by atoms with Gasteiger partial charge in [-0.2, -0.15) is 0 Å². The number of amides is 1. The lowest BCUT2D eigenvalue weighted by atomic mass is 10.2. The fourth-order valence-corrected chi connectivity index (χ4v) is 1.17. The maximum atomic E-state index is 10.5. The van der Waals surface area contributed by atoms with Crippen LogP contribution in [-0.4, -0.2) is 38.1 Å². The number of rotatable bonds is 9. The van der Waals surface area contributed by atoms with Crippen LogP contribution in [0.15, 0.2) is 0 Å². The molecule has 78 valence electrons. The molecule has 0 spiro atoms. The SMILES string of the molecule is CCCCCCN(C=O)CCOC. The molecule has 0 radical (unpaired) electrons. The second-order valence-corrected chi connectivity index (χ2v) is 3.19. The molecule has 0 rings (SSSR count). The average Bonchev–Trinajstić information content (AvgIpc) is 2.17. The molecule has 0 aliphatic carbocycles. The van der Waals surface area contributed by atoms with Crippen LogP contribution in [0.5, 0.6) is 0 Å². The highest BCUT2D eigenvalue weighted by atomic mass is 16.5. The normalized spacial score (nSPS) is 10.0. The van der Waals surface area contributed by atoms with E-state index in [2.05, 4.69) is 6.92 Å². The third-order valence-corrected chi connectivity index (χ3v) is 2.03. The minimum absolute atomic E-state index is 0.631. The molecule has 3 nitrogen and oxygen atoms in total. The topological polar surface area (TPSA) is 29.5 Å². The summed E-state index contributed by atoms with van der Waals surface area (Å²) in [5.74, 6) is 0. The molecule has 0 aliphatic rings. The zero-order valence-electron chi connectivity index (χ0n) is 8.79. The quantitative estimate of drug-likeness (QED) is 0.406. The van der Waals surface area contributed by atoms with E-state index in [0.29, 0.717) is 13.2 Å². The predicted molar refractivity (Wildman–Crippen MR) is 53.7 cm³/mol. The van der Waals surface area contributed by atoms with Gasteiger partial charge in [0, 0.05) is 20.2 Å². The van der Waals surface area contributed by atoms with Crippen molar-refractivity contribution < 1.29 is 9.53 Å². The number of hydrogen-bond donors (Lipinski definition) is 0. The minimum Gasteiger partial charge on any atom is -0.383 e. The van der Waals surface area contributed by atoms with E-state index in [1.54, 1.807) is 12.0 Å². The number of nitrogens with zero attached hydrogens (tertiary/aromatic N) is 1. The van der Waals surface area contributed by atoms with E-state index in [4.69, 9.17) is 4.74 Å². The van der Waals surface area contributed by atoms with Crippen LogP contribution < -0.4 is 0 Å². The first-order valence-electron chi connectivity index (χ1n) is 5.03. The van der Waals surface area contributed by atoms with E-state index in [-0.39, 0.29) is 0 Å². The Labute approximate surface area is 81.1 Å². The van der Waals surface area contributed by atoms with Crippen molar-refractivity contribution in [2.45, 2.75) is 32.6 Å². The number of ether oxygens (including phenoxy) is 1. The molecule has 1 amide bonds. The highest BCUT2D eigenvalue weighted by Crippen LogP contribution is 1.99. The van der Waals surface area contributed by atoms with Crippen LogP contribution in [-0.2, 0) is 9.53 Å². The van der Waals surface area contributed by atoms with Crippen molar-refractivity contribution in [2.75, 3.05) is 26.8 Å². The Morgan fingerprint density at radius 1 is 1.23 bits per heavy atom. The Hall–Kier alpha value is -0.570. The number of carbonyl (C=O) groups is 1. The van der Waals surface area contributed by atoms with Gasteiger partial charge >= 0.3 is 0 Å². The van der Waals surface area contributed by atoms with Gasteiger partial charge in [0.2, 0.25) is 6.41 Å². The van der Waals surface area contributed by atoms with Crippen molar-refractivity contribution in [1.29, 1.82) is 0 Å². The number of methoxy groups -OCH3 is 1. The Kier molecular flexibility index (Phi) is 9.10. The molecule has 13 heavy (non-hydrogen) atoms. The molecule has 0 saturated heterocycles. The fourth-order valence-electron chi connectivity index (χ4n) is 1.17. The van der Waals surface area contributed by atoms with Crippen LogP contribution in [0.2, 0.25) is 0 Å². The van der Waals surface area contributed by atoms with Gasteiger partial charge < -0.3 is 9.64 Å². The van der Waals surface area contributed by atoms with Gasteiger partial charge in [-0.05, 0) is 6.42 Å². The van der Waals surface area contributed by atoms with Crippen LogP contribution in [0.25, 0.3) is 0 Å². The molecule has 0 aromatic rings. The van der Waals surface area contributed by atoms with Crippen LogP contribution in [0.4, 0.5) is 0 Å². The summed E-state index contributed by atoms with van der Waals surface area (Å²) >= 11 is 0. The molecular formula is C10H21NO2. The summed E-state index contributed by atoms with van der Waals surface area (Å²) in [6, 6.07) is 0. The van der Waals surface area contributed by atoms with E-state index in [0.717, 1.165) is 19.4 Å². The first-order chi connectivity index (χ1) is 6.35. The van der Waals surface area contributed by atoms with Gasteiger partial charge in [0.05, 0.1) is 6.61 Å². The van der Waals surface area contributed by atoms with E-state index in [9.17, 15) is 4.79 Å². The summed E-state index contributed by atoms with van der Waals surface area (Å²) in [7, 11) is 1.65. The summed E-state index contributed by atoms with van der Waals surface area (Å²) in [5, 5.41) is 0. The van der Waals surface area contributed by atoms with E-state index < -0.39 is 0 Å². The number of hydrogen-bond acceptors (Lipinski definition) is 2. The second kappa shape index (κ2) is 9.52. The lowest BCUT2D eigenvalue weighted by molar-refractivity contribution is -0.118. The molecule has 0 atom stereocenters. The van der Waals surface area contributed by atoms with Crippen LogP contribution in [0.1, 0.15) is 32.6 Å². The lowest BCUT2D eigenvalue weighted by Gasteiger charge is -2.16. The van der Waals surface area contributed by atoms with Gasteiger partial charge in [-0.1, -0.05) is 26.2 Å². The Morgan fingerprint density at radius 3 is 2.54 bits per heavy atom. The van der Waals surface area contributed by atoms with Crippen molar-refractivity contribution >= 4 is 6.41 Å². The van der Waals surface area contributed by atoms with Crippen LogP contribution in [0.3, 0.4) is 0 Å². The number of carbonyl (C=O) groups excluding carboxylic acids is 1. The van der Waals surface area contributed by atoms with Gasteiger partial charge in [0.25, 0.3) is 0 Å². The number of unbranched alkanes of at least 4 members (excludes halogenated alkanes) is 3. The standard InChI is InChI=1S/C10H21NO2/c1-3-4-5-6-7-11(10-12)8-9-13-2/h10H,3-9H2,1-2H3. The summed E-state index contributed by atoms with van der Waals surface area (Å²) in [6.45, 7) is 4.40. The van der Waals surface area contributed by atoms with Crippen LogP contribution >= 0.6 is 0 Å². The summed E-state index contributed by atoms with van der Waals surface area (Å²) < 4.78 is 4.90. The van der Waals surface area contributed by atoms with Crippen molar-refractivity contribution in [2.24, 2.45) is 0 Å². The molecule has 0 saturated carbocycles. The molecule has 0 aromatic carbocycles. The van der Waals surface area contributed by atoms with Gasteiger partial charge in [0.15, 0.2) is 0 Å². The molecule has 0 aromatic heterocycles. The Bertz CT molecular complexity index is 117. The Morgan fingerprint density at radius 2 is 2.00 bits per heavy atom. The summed E-state index contributed by atoms with van der Waals surface area (Å²) in [5.41, 5.74) is 0. The monoisotopic (exact) mass is 187 g/mol. The molecule has 0 unspecified atom stereocenters. The van der Waals surface area contributed by atoms with Gasteiger partial charge in [0.1, 0.15) is 0 Å². The van der Waals surface area contributed by atoms with E-state index >= 15 is 0 Å². The zero-order chi connectivity index (χ0) is 9.94. The smallest absolute Gasteiger partial charge is 0.209 e. The average molecular weight is 187 g/mol. The predicted octanol–water partition coefficient (Wildman–Crippen LogP) is 1.67. The molecule has 0 fully saturated rings. The highest BCUT2D eigenvalue weighted by molar-refractivity contribution is 5.46. The lowest BCUT2D eigenvalue weighted by Crippen LogP contribution is -2.26. The Balaban J connectivity index is 3.31. The zero-order valence-corrected chi connectivity index (χ0v) is 8.79. The maximum absolute atomic E-state index is 10.5. The minimum atomic E-state index is 0.631. The second-order valence-electron chi connectivity index (χ2n) is 3.19. The van der Waals surface area contributed by atoms with Crippen molar-refractivity contribution in [3.63, 3.8) is 0 Å². The van der Waals surface area contributed by atoms with E-state index in [1.165, 1.54) is 19.3 Å². The molecule has 0 N–H and O–H groups in total. The largest absolute Gasteiger partial charge is 0.383 e. The first-order valence-corrected chi connectivity index (χ1v) is 5.03. The summed E-state index contributed by atoms with van der Waals surface area (Å²) in [4.78, 5) is 12.3. The molecule has 3 heteroatoms. The third-order valence-electron chi connectivity index (χ3n) is 2.03. The third kappa shape index (κ3) is 7.78. The van der Waals surface area contributed by atoms with E-state index in [1.807, 2.05) is 0 Å². The first kappa shape index (κ1) is 12.4. The van der Waals surface area contributed by atoms with Crippen molar-refractivity contribution in [3.05, 3.63) is 0 Å². The molecular weight excluding hydrogens is 166 g/mol. The fraction of sp³-hybridized carbons (Fsp3) is 0.900. The molecule has 0 aliphatic heterocycles. The highest BCUT2D eigenvalue weighted by Gasteiger charge is 1.99.